The molecule has 0 aromatic heterocycles. The maximum absolute atomic E-state index is 9.44. The van der Waals surface area contributed by atoms with Crippen molar-refractivity contribution in [3.63, 3.8) is 0 Å². The highest BCUT2D eigenvalue weighted by Gasteiger charge is 2.16. The van der Waals surface area contributed by atoms with E-state index in [-0.39, 0.29) is 0 Å². The molecule has 2 aromatic rings. The minimum Gasteiger partial charge on any atom is -0.410 e. The van der Waals surface area contributed by atoms with Crippen molar-refractivity contribution in [1.29, 1.82) is 0 Å². The molecular formula is C17H21N2O+. The Kier molecular flexibility index (Phi) is 4.20. The molecule has 0 fully saturated rings. The van der Waals surface area contributed by atoms with Crippen LogP contribution in [0.15, 0.2) is 59.8 Å². The topological polar surface area (TPSA) is 32.6 Å². The summed E-state index contributed by atoms with van der Waals surface area (Å²) in [5.74, 6) is 0. The van der Waals surface area contributed by atoms with Crippen molar-refractivity contribution >= 4 is 5.71 Å². The van der Waals surface area contributed by atoms with E-state index in [0.29, 0.717) is 5.71 Å². The van der Waals surface area contributed by atoms with Gasteiger partial charge >= 0.3 is 0 Å². The summed E-state index contributed by atoms with van der Waals surface area (Å²) in [5.41, 5.74) is 3.70. The van der Waals surface area contributed by atoms with Gasteiger partial charge in [-0.15, -0.1) is 0 Å². The molecule has 0 saturated heterocycles. The van der Waals surface area contributed by atoms with E-state index in [9.17, 15) is 5.21 Å². The first-order chi connectivity index (χ1) is 9.51. The Bertz CT molecular complexity index is 598. The Hall–Kier alpha value is -2.13. The molecule has 0 aliphatic heterocycles. The Morgan fingerprint density at radius 2 is 1.55 bits per heavy atom. The maximum Gasteiger partial charge on any atom is 0.117 e. The van der Waals surface area contributed by atoms with Crippen LogP contribution in [0.4, 0.5) is 0 Å². The minimum absolute atomic E-state index is 0.620. The van der Waals surface area contributed by atoms with E-state index in [4.69, 9.17) is 0 Å². The third-order valence-corrected chi connectivity index (χ3v) is 3.06. The fourth-order valence-electron chi connectivity index (χ4n) is 2.26. The molecule has 3 nitrogen and oxygen atoms in total. The van der Waals surface area contributed by atoms with E-state index in [1.165, 1.54) is 5.56 Å². The molecule has 0 atom stereocenters. The smallest absolute Gasteiger partial charge is 0.117 e. The highest BCUT2D eigenvalue weighted by Crippen LogP contribution is 2.18. The van der Waals surface area contributed by atoms with Gasteiger partial charge in [0.05, 0.1) is 21.1 Å². The van der Waals surface area contributed by atoms with Crippen molar-refractivity contribution in [3.05, 3.63) is 71.3 Å². The molecule has 0 unspecified atom stereocenters. The van der Waals surface area contributed by atoms with Crippen LogP contribution in [0, 0.1) is 0 Å². The highest BCUT2D eigenvalue weighted by molar-refractivity contribution is 6.13. The Morgan fingerprint density at radius 1 is 0.950 bits per heavy atom. The van der Waals surface area contributed by atoms with Crippen molar-refractivity contribution in [2.45, 2.75) is 6.54 Å². The van der Waals surface area contributed by atoms with Gasteiger partial charge < -0.3 is 9.69 Å². The van der Waals surface area contributed by atoms with Crippen LogP contribution in [0.1, 0.15) is 16.7 Å². The molecule has 1 N–H and O–H groups in total. The largest absolute Gasteiger partial charge is 0.410 e. The van der Waals surface area contributed by atoms with Gasteiger partial charge in [0, 0.05) is 16.7 Å². The molecular weight excluding hydrogens is 248 g/mol. The van der Waals surface area contributed by atoms with Gasteiger partial charge in [-0.25, -0.2) is 0 Å². The van der Waals surface area contributed by atoms with Gasteiger partial charge in [-0.3, -0.25) is 0 Å². The lowest BCUT2D eigenvalue weighted by molar-refractivity contribution is -0.884. The summed E-state index contributed by atoms with van der Waals surface area (Å²) in [6.45, 7) is 0.877. The predicted octanol–water partition coefficient (Wildman–Crippen LogP) is 3.12. The van der Waals surface area contributed by atoms with Crippen LogP contribution >= 0.6 is 0 Å². The fraction of sp³-hybridized carbons (Fsp3) is 0.235. The zero-order valence-corrected chi connectivity index (χ0v) is 12.2. The summed E-state index contributed by atoms with van der Waals surface area (Å²) < 4.78 is 0.824. The molecule has 20 heavy (non-hydrogen) atoms. The fourth-order valence-corrected chi connectivity index (χ4v) is 2.26. The van der Waals surface area contributed by atoms with Gasteiger partial charge in [0.2, 0.25) is 0 Å². The summed E-state index contributed by atoms with van der Waals surface area (Å²) in [6, 6.07) is 17.9. The Balaban J connectivity index is 2.46. The van der Waals surface area contributed by atoms with Crippen LogP contribution in [-0.2, 0) is 6.54 Å². The number of hydrogen-bond acceptors (Lipinski definition) is 2. The van der Waals surface area contributed by atoms with Gasteiger partial charge in [-0.2, -0.15) is 0 Å². The third kappa shape index (κ3) is 3.45. The SMILES string of the molecule is C[N+](C)(C)Cc1ccccc1C(=NO)c1ccccc1. The number of oxime groups is 1. The quantitative estimate of drug-likeness (QED) is 0.393. The maximum atomic E-state index is 9.44. The van der Waals surface area contributed by atoms with E-state index < -0.39 is 0 Å². The van der Waals surface area contributed by atoms with E-state index in [2.05, 4.69) is 32.4 Å². The number of quaternary nitrogens is 1. The second-order valence-electron chi connectivity index (χ2n) is 5.92. The van der Waals surface area contributed by atoms with Crippen LogP contribution < -0.4 is 0 Å². The summed E-state index contributed by atoms with van der Waals surface area (Å²) in [7, 11) is 6.44. The summed E-state index contributed by atoms with van der Waals surface area (Å²) in [4.78, 5) is 0. The number of hydrogen-bond donors (Lipinski definition) is 1. The number of rotatable bonds is 4. The Labute approximate surface area is 120 Å². The molecule has 104 valence electrons. The number of benzene rings is 2. The van der Waals surface area contributed by atoms with Crippen molar-refractivity contribution in [1.82, 2.24) is 0 Å². The molecule has 0 aliphatic rings. The normalized spacial score (nSPS) is 12.4. The van der Waals surface area contributed by atoms with Crippen molar-refractivity contribution in [2.24, 2.45) is 5.16 Å². The van der Waals surface area contributed by atoms with Crippen LogP contribution in [0.25, 0.3) is 0 Å². The van der Waals surface area contributed by atoms with Gasteiger partial charge in [-0.1, -0.05) is 59.8 Å². The average molecular weight is 269 g/mol. The first-order valence-electron chi connectivity index (χ1n) is 6.67. The summed E-state index contributed by atoms with van der Waals surface area (Å²) in [6.07, 6.45) is 0. The first-order valence-corrected chi connectivity index (χ1v) is 6.67. The van der Waals surface area contributed by atoms with Crippen LogP contribution in [0.3, 0.4) is 0 Å². The monoisotopic (exact) mass is 269 g/mol. The lowest BCUT2D eigenvalue weighted by Gasteiger charge is -2.25. The lowest BCUT2D eigenvalue weighted by atomic mass is 9.97. The third-order valence-electron chi connectivity index (χ3n) is 3.06. The van der Waals surface area contributed by atoms with E-state index >= 15 is 0 Å². The van der Waals surface area contributed by atoms with Gasteiger partial charge in [-0.05, 0) is 0 Å². The van der Waals surface area contributed by atoms with E-state index in [1.54, 1.807) is 0 Å². The molecule has 2 aromatic carbocycles. The zero-order valence-electron chi connectivity index (χ0n) is 12.2. The van der Waals surface area contributed by atoms with Gasteiger partial charge in [0.25, 0.3) is 0 Å². The summed E-state index contributed by atoms with van der Waals surface area (Å²) >= 11 is 0. The molecule has 3 heteroatoms. The number of nitrogens with zero attached hydrogens (tertiary/aromatic N) is 2. The molecule has 0 amide bonds. The average Bonchev–Trinajstić information content (AvgIpc) is 2.41. The molecule has 2 rings (SSSR count). The van der Waals surface area contributed by atoms with Crippen LogP contribution in [0.5, 0.6) is 0 Å². The zero-order chi connectivity index (χ0) is 14.6. The summed E-state index contributed by atoms with van der Waals surface area (Å²) in [5, 5.41) is 13.0. The van der Waals surface area contributed by atoms with E-state index in [0.717, 1.165) is 22.2 Å². The lowest BCUT2D eigenvalue weighted by Crippen LogP contribution is -2.34. The van der Waals surface area contributed by atoms with Crippen LogP contribution in [0.2, 0.25) is 0 Å². The van der Waals surface area contributed by atoms with Gasteiger partial charge in [0.1, 0.15) is 12.3 Å². The van der Waals surface area contributed by atoms with Crippen molar-refractivity contribution in [2.75, 3.05) is 21.1 Å². The second-order valence-corrected chi connectivity index (χ2v) is 5.92. The van der Waals surface area contributed by atoms with Gasteiger partial charge in [0.15, 0.2) is 0 Å². The van der Waals surface area contributed by atoms with Crippen molar-refractivity contribution in [3.8, 4) is 0 Å². The predicted molar refractivity (Wildman–Crippen MR) is 82.0 cm³/mol. The molecule has 0 saturated carbocycles. The highest BCUT2D eigenvalue weighted by atomic mass is 16.4. The molecule has 0 spiro atoms. The van der Waals surface area contributed by atoms with Crippen molar-refractivity contribution < 1.29 is 9.69 Å². The van der Waals surface area contributed by atoms with Crippen LogP contribution in [-0.4, -0.2) is 36.5 Å². The standard InChI is InChI=1S/C17H20N2O/c1-19(2,3)13-15-11-7-8-12-16(15)17(18-20)14-9-5-4-6-10-14/h4-12H,13H2,1-3H3/p+1. The van der Waals surface area contributed by atoms with E-state index in [1.807, 2.05) is 48.5 Å². The first kappa shape index (κ1) is 14.3. The molecule has 0 heterocycles. The Morgan fingerprint density at radius 3 is 2.15 bits per heavy atom. The molecule has 0 radical (unpaired) electrons. The molecule has 0 bridgehead atoms. The molecule has 0 aliphatic carbocycles. The minimum atomic E-state index is 0.620. The second kappa shape index (κ2) is 5.88.